The fourth-order valence-corrected chi connectivity index (χ4v) is 2.86. The van der Waals surface area contributed by atoms with E-state index in [1.807, 2.05) is 11.4 Å². The summed E-state index contributed by atoms with van der Waals surface area (Å²) in [6, 6.07) is 5.25. The van der Waals surface area contributed by atoms with Crippen molar-refractivity contribution in [1.29, 1.82) is 0 Å². The van der Waals surface area contributed by atoms with Crippen molar-refractivity contribution in [2.24, 2.45) is 0 Å². The monoisotopic (exact) mass is 343 g/mol. The molecule has 0 bridgehead atoms. The number of carbonyl (C=O) groups excluding carboxylic acids is 1. The van der Waals surface area contributed by atoms with Crippen LogP contribution < -0.4 is 0 Å². The van der Waals surface area contributed by atoms with Crippen molar-refractivity contribution in [3.05, 3.63) is 50.4 Å². The van der Waals surface area contributed by atoms with E-state index in [1.165, 1.54) is 22.3 Å². The van der Waals surface area contributed by atoms with Crippen LogP contribution in [0.4, 0.5) is 4.39 Å². The van der Waals surface area contributed by atoms with Crippen molar-refractivity contribution < 1.29 is 14.3 Å². The molecule has 0 atom stereocenters. The molecule has 0 aliphatic rings. The van der Waals surface area contributed by atoms with Gasteiger partial charge in [-0.1, -0.05) is 0 Å². The van der Waals surface area contributed by atoms with Gasteiger partial charge in [0.25, 0.3) is 5.91 Å². The number of hydrogen-bond donors (Lipinski definition) is 1. The van der Waals surface area contributed by atoms with Crippen LogP contribution in [0.3, 0.4) is 0 Å². The Morgan fingerprint density at radius 1 is 1.47 bits per heavy atom. The van der Waals surface area contributed by atoms with Crippen molar-refractivity contribution in [3.8, 4) is 5.75 Å². The predicted octanol–water partition coefficient (Wildman–Crippen LogP) is 3.63. The van der Waals surface area contributed by atoms with E-state index in [9.17, 15) is 14.3 Å². The average molecular weight is 344 g/mol. The molecule has 2 rings (SSSR count). The molecule has 0 aliphatic heterocycles. The molecule has 19 heavy (non-hydrogen) atoms. The molecular formula is C13H11BrFNO2S. The van der Waals surface area contributed by atoms with E-state index in [1.54, 1.807) is 7.05 Å². The van der Waals surface area contributed by atoms with E-state index in [-0.39, 0.29) is 11.3 Å². The van der Waals surface area contributed by atoms with Gasteiger partial charge in [0.05, 0.1) is 9.35 Å². The van der Waals surface area contributed by atoms with E-state index in [2.05, 4.69) is 15.9 Å². The lowest BCUT2D eigenvalue weighted by atomic mass is 10.1. The normalized spacial score (nSPS) is 10.5. The first kappa shape index (κ1) is 14.0. The number of aromatic hydroxyl groups is 1. The SMILES string of the molecule is CN(Cc1csc(Br)c1)C(=O)c1cc(F)ccc1O. The van der Waals surface area contributed by atoms with Crippen molar-refractivity contribution in [2.45, 2.75) is 6.54 Å². The third kappa shape index (κ3) is 3.33. The van der Waals surface area contributed by atoms with Crippen LogP contribution >= 0.6 is 27.3 Å². The van der Waals surface area contributed by atoms with Gasteiger partial charge in [0, 0.05) is 13.6 Å². The molecule has 1 heterocycles. The Balaban J connectivity index is 2.16. The number of thiophene rings is 1. The maximum atomic E-state index is 13.1. The van der Waals surface area contributed by atoms with Crippen molar-refractivity contribution in [2.75, 3.05) is 7.05 Å². The van der Waals surface area contributed by atoms with Crippen molar-refractivity contribution in [1.82, 2.24) is 4.90 Å². The van der Waals surface area contributed by atoms with E-state index in [0.29, 0.717) is 6.54 Å². The van der Waals surface area contributed by atoms with Crippen LogP contribution in [0.5, 0.6) is 5.75 Å². The third-order valence-electron chi connectivity index (χ3n) is 2.58. The Labute approximate surface area is 122 Å². The van der Waals surface area contributed by atoms with Crippen LogP contribution in [-0.2, 0) is 6.54 Å². The van der Waals surface area contributed by atoms with Gasteiger partial charge in [-0.25, -0.2) is 4.39 Å². The second-order valence-corrected chi connectivity index (χ2v) is 6.37. The summed E-state index contributed by atoms with van der Waals surface area (Å²) in [6.07, 6.45) is 0. The highest BCUT2D eigenvalue weighted by Gasteiger charge is 2.17. The molecule has 6 heteroatoms. The molecule has 0 saturated carbocycles. The molecular weight excluding hydrogens is 333 g/mol. The van der Waals surface area contributed by atoms with Gasteiger partial charge in [-0.15, -0.1) is 11.3 Å². The number of benzene rings is 1. The number of amides is 1. The molecule has 0 saturated heterocycles. The maximum absolute atomic E-state index is 13.1. The Morgan fingerprint density at radius 3 is 2.84 bits per heavy atom. The number of carbonyl (C=O) groups is 1. The molecule has 0 spiro atoms. The van der Waals surface area contributed by atoms with Crippen molar-refractivity contribution >= 4 is 33.2 Å². The molecule has 100 valence electrons. The Morgan fingerprint density at radius 2 is 2.21 bits per heavy atom. The van der Waals surface area contributed by atoms with Crippen LogP contribution in [0.1, 0.15) is 15.9 Å². The second-order valence-electron chi connectivity index (χ2n) is 4.08. The Kier molecular flexibility index (Phi) is 4.21. The summed E-state index contributed by atoms with van der Waals surface area (Å²) in [5.74, 6) is -1.18. The summed E-state index contributed by atoms with van der Waals surface area (Å²) in [4.78, 5) is 13.6. The van der Waals surface area contributed by atoms with E-state index >= 15 is 0 Å². The molecule has 3 nitrogen and oxygen atoms in total. The summed E-state index contributed by atoms with van der Waals surface area (Å²) < 4.78 is 14.1. The lowest BCUT2D eigenvalue weighted by Crippen LogP contribution is -2.26. The zero-order chi connectivity index (χ0) is 14.0. The highest BCUT2D eigenvalue weighted by molar-refractivity contribution is 9.11. The standard InChI is InChI=1S/C13H11BrFNO2S/c1-16(6-8-4-12(14)19-7-8)13(18)10-5-9(15)2-3-11(10)17/h2-5,7,17H,6H2,1H3. The first-order valence-corrected chi connectivity index (χ1v) is 7.11. The van der Waals surface area contributed by atoms with Gasteiger partial charge in [-0.2, -0.15) is 0 Å². The summed E-state index contributed by atoms with van der Waals surface area (Å²) in [7, 11) is 1.61. The maximum Gasteiger partial charge on any atom is 0.257 e. The molecule has 1 aromatic heterocycles. The molecule has 0 radical (unpaired) electrons. The highest BCUT2D eigenvalue weighted by Crippen LogP contribution is 2.23. The van der Waals surface area contributed by atoms with Crippen LogP contribution in [0.15, 0.2) is 33.4 Å². The first-order chi connectivity index (χ1) is 8.97. The average Bonchev–Trinajstić information content (AvgIpc) is 2.77. The lowest BCUT2D eigenvalue weighted by molar-refractivity contribution is 0.0781. The van der Waals surface area contributed by atoms with Gasteiger partial charge >= 0.3 is 0 Å². The van der Waals surface area contributed by atoms with Gasteiger partial charge in [0.2, 0.25) is 0 Å². The minimum absolute atomic E-state index is 0.0307. The molecule has 2 aromatic rings. The lowest BCUT2D eigenvalue weighted by Gasteiger charge is -2.17. The number of rotatable bonds is 3. The Hall–Kier alpha value is -1.40. The van der Waals surface area contributed by atoms with Crippen LogP contribution in [0.25, 0.3) is 0 Å². The van der Waals surface area contributed by atoms with Gasteiger partial charge in [0.1, 0.15) is 11.6 Å². The zero-order valence-electron chi connectivity index (χ0n) is 10.1. The van der Waals surface area contributed by atoms with Crippen LogP contribution in [0, 0.1) is 5.82 Å². The van der Waals surface area contributed by atoms with Crippen LogP contribution in [-0.4, -0.2) is 23.0 Å². The smallest absolute Gasteiger partial charge is 0.257 e. The number of halogens is 2. The fourth-order valence-electron chi connectivity index (χ4n) is 1.66. The van der Waals surface area contributed by atoms with Crippen LogP contribution in [0.2, 0.25) is 0 Å². The summed E-state index contributed by atoms with van der Waals surface area (Å²) in [6.45, 7) is 0.400. The molecule has 1 amide bonds. The predicted molar refractivity (Wildman–Crippen MR) is 75.9 cm³/mol. The summed E-state index contributed by atoms with van der Waals surface area (Å²) in [5, 5.41) is 11.5. The third-order valence-corrected chi connectivity index (χ3v) is 4.13. The number of hydrogen-bond acceptors (Lipinski definition) is 3. The largest absolute Gasteiger partial charge is 0.507 e. The van der Waals surface area contributed by atoms with Gasteiger partial charge in [0.15, 0.2) is 0 Å². The van der Waals surface area contributed by atoms with E-state index < -0.39 is 11.7 Å². The van der Waals surface area contributed by atoms with Gasteiger partial charge in [-0.3, -0.25) is 4.79 Å². The highest BCUT2D eigenvalue weighted by atomic mass is 79.9. The summed E-state index contributed by atoms with van der Waals surface area (Å²) in [5.41, 5.74) is 0.945. The summed E-state index contributed by atoms with van der Waals surface area (Å²) >= 11 is 4.88. The number of phenolic OH excluding ortho intramolecular Hbond substituents is 1. The second kappa shape index (κ2) is 5.71. The number of phenols is 1. The Bertz CT molecular complexity index is 614. The topological polar surface area (TPSA) is 40.5 Å². The van der Waals surface area contributed by atoms with Crippen molar-refractivity contribution in [3.63, 3.8) is 0 Å². The van der Waals surface area contributed by atoms with E-state index in [4.69, 9.17) is 0 Å². The minimum Gasteiger partial charge on any atom is -0.507 e. The quantitative estimate of drug-likeness (QED) is 0.924. The fraction of sp³-hybridized carbons (Fsp3) is 0.154. The van der Waals surface area contributed by atoms with Gasteiger partial charge < -0.3 is 10.0 Å². The molecule has 1 N–H and O–H groups in total. The molecule has 0 unspecified atom stereocenters. The molecule has 0 fully saturated rings. The minimum atomic E-state index is -0.548. The molecule has 1 aromatic carbocycles. The zero-order valence-corrected chi connectivity index (χ0v) is 12.5. The molecule has 0 aliphatic carbocycles. The first-order valence-electron chi connectivity index (χ1n) is 5.44. The number of nitrogens with zero attached hydrogens (tertiary/aromatic N) is 1. The van der Waals surface area contributed by atoms with Gasteiger partial charge in [-0.05, 0) is 51.1 Å². The van der Waals surface area contributed by atoms with E-state index in [0.717, 1.165) is 21.5 Å².